The molecule has 1 aliphatic carbocycles. The van der Waals surface area contributed by atoms with Gasteiger partial charge in [0.2, 0.25) is 0 Å². The third-order valence-electron chi connectivity index (χ3n) is 5.53. The van der Waals surface area contributed by atoms with Gasteiger partial charge in [0.05, 0.1) is 11.1 Å². The highest BCUT2D eigenvalue weighted by Gasteiger charge is 2.30. The van der Waals surface area contributed by atoms with E-state index in [-0.39, 0.29) is 11.6 Å². The molecule has 2 aromatic rings. The van der Waals surface area contributed by atoms with Crippen molar-refractivity contribution >= 4 is 17.6 Å². The minimum absolute atomic E-state index is 0.0568. The van der Waals surface area contributed by atoms with Crippen molar-refractivity contribution in [3.63, 3.8) is 0 Å². The van der Waals surface area contributed by atoms with Gasteiger partial charge < -0.3 is 14.1 Å². The van der Waals surface area contributed by atoms with Gasteiger partial charge in [-0.25, -0.2) is 0 Å². The lowest BCUT2D eigenvalue weighted by molar-refractivity contribution is 0.0977. The first-order chi connectivity index (χ1) is 14.6. The highest BCUT2D eigenvalue weighted by Crippen LogP contribution is 2.32. The third kappa shape index (κ3) is 4.90. The number of fused-ring (bicyclic) bond motifs is 1. The number of benzene rings is 1. The number of aryl methyl sites for hydroxylation is 1. The van der Waals surface area contributed by atoms with E-state index in [0.717, 1.165) is 38.2 Å². The van der Waals surface area contributed by atoms with Crippen LogP contribution >= 0.6 is 0 Å². The van der Waals surface area contributed by atoms with Crippen LogP contribution in [0.15, 0.2) is 34.8 Å². The van der Waals surface area contributed by atoms with E-state index in [4.69, 9.17) is 9.15 Å². The normalized spacial score (nSPS) is 13.0. The maximum atomic E-state index is 13.3. The highest BCUT2D eigenvalue weighted by atomic mass is 16.5. The maximum Gasteiger partial charge on any atom is 0.197 e. The van der Waals surface area contributed by atoms with Crippen LogP contribution < -0.4 is 4.74 Å². The van der Waals surface area contributed by atoms with Crippen molar-refractivity contribution in [2.75, 3.05) is 26.2 Å². The molecule has 0 aliphatic heterocycles. The van der Waals surface area contributed by atoms with Crippen LogP contribution in [0.25, 0.3) is 6.08 Å². The second-order valence-electron chi connectivity index (χ2n) is 7.50. The fourth-order valence-electron chi connectivity index (χ4n) is 3.70. The fraction of sp³-hybridized carbons (Fsp3) is 0.440. The molecule has 0 bridgehead atoms. The quantitative estimate of drug-likeness (QED) is 0.479. The van der Waals surface area contributed by atoms with Crippen molar-refractivity contribution in [2.24, 2.45) is 0 Å². The lowest BCUT2D eigenvalue weighted by Gasteiger charge is -2.18. The molecule has 3 rings (SSSR count). The lowest BCUT2D eigenvalue weighted by atomic mass is 9.92. The van der Waals surface area contributed by atoms with Crippen LogP contribution in [0.4, 0.5) is 0 Å². The van der Waals surface area contributed by atoms with Crippen LogP contribution in [0.5, 0.6) is 5.75 Å². The van der Waals surface area contributed by atoms with Crippen molar-refractivity contribution in [3.05, 3.63) is 58.6 Å². The number of ether oxygens (including phenoxy) is 1. The molecular formula is C25H31NO4. The van der Waals surface area contributed by atoms with Crippen molar-refractivity contribution in [2.45, 2.75) is 46.5 Å². The Morgan fingerprint density at radius 2 is 1.87 bits per heavy atom. The highest BCUT2D eigenvalue weighted by molar-refractivity contribution is 6.18. The van der Waals surface area contributed by atoms with Crippen molar-refractivity contribution in [3.8, 4) is 5.75 Å². The fourth-order valence-corrected chi connectivity index (χ4v) is 3.70. The SMILES string of the molecule is CCCCc1oc2c(c1C(=O)c1ccc(OCCN(CC)CC)cc1)C(=O)CC=C2. The van der Waals surface area contributed by atoms with Gasteiger partial charge in [-0.2, -0.15) is 0 Å². The number of rotatable bonds is 11. The zero-order chi connectivity index (χ0) is 21.5. The van der Waals surface area contributed by atoms with Crippen molar-refractivity contribution in [1.82, 2.24) is 4.90 Å². The molecule has 0 saturated carbocycles. The second kappa shape index (κ2) is 10.4. The van der Waals surface area contributed by atoms with E-state index in [0.29, 0.717) is 47.7 Å². The summed E-state index contributed by atoms with van der Waals surface area (Å²) in [5, 5.41) is 0. The summed E-state index contributed by atoms with van der Waals surface area (Å²) < 4.78 is 11.7. The first-order valence-corrected chi connectivity index (χ1v) is 10.9. The number of allylic oxidation sites excluding steroid dienone is 1. The van der Waals surface area contributed by atoms with E-state index >= 15 is 0 Å². The number of ketones is 2. The summed E-state index contributed by atoms with van der Waals surface area (Å²) in [6.45, 7) is 9.82. The number of hydrogen-bond acceptors (Lipinski definition) is 5. The Labute approximate surface area is 178 Å². The lowest BCUT2D eigenvalue weighted by Crippen LogP contribution is -2.27. The van der Waals surface area contributed by atoms with E-state index in [1.807, 2.05) is 12.1 Å². The molecule has 1 aliphatic rings. The van der Waals surface area contributed by atoms with Gasteiger partial charge in [-0.1, -0.05) is 33.3 Å². The molecule has 0 spiro atoms. The van der Waals surface area contributed by atoms with E-state index in [9.17, 15) is 9.59 Å². The Morgan fingerprint density at radius 3 is 2.53 bits per heavy atom. The molecule has 0 N–H and O–H groups in total. The predicted octanol–water partition coefficient (Wildman–Crippen LogP) is 5.17. The molecule has 0 unspecified atom stereocenters. The second-order valence-corrected chi connectivity index (χ2v) is 7.50. The van der Waals surface area contributed by atoms with Crippen LogP contribution in [-0.2, 0) is 6.42 Å². The number of carbonyl (C=O) groups excluding carboxylic acids is 2. The number of unbranched alkanes of at least 4 members (excludes halogenated alkanes) is 1. The van der Waals surface area contributed by atoms with Gasteiger partial charge in [-0.3, -0.25) is 9.59 Å². The molecule has 0 saturated heterocycles. The molecule has 0 atom stereocenters. The van der Waals surface area contributed by atoms with Crippen LogP contribution in [0, 0.1) is 0 Å². The van der Waals surface area contributed by atoms with Gasteiger partial charge in [-0.15, -0.1) is 0 Å². The predicted molar refractivity (Wildman–Crippen MR) is 118 cm³/mol. The number of furan rings is 1. The van der Waals surface area contributed by atoms with Gasteiger partial charge in [0.25, 0.3) is 0 Å². The third-order valence-corrected chi connectivity index (χ3v) is 5.53. The number of likely N-dealkylation sites (N-methyl/N-ethyl adjacent to an activating group) is 1. The van der Waals surface area contributed by atoms with Crippen LogP contribution in [-0.4, -0.2) is 42.7 Å². The number of carbonyl (C=O) groups is 2. The number of Topliss-reactive ketones (excluding diaryl/α,β-unsaturated/α-hetero) is 1. The topological polar surface area (TPSA) is 59.8 Å². The summed E-state index contributed by atoms with van der Waals surface area (Å²) in [5.41, 5.74) is 1.41. The van der Waals surface area contributed by atoms with Crippen LogP contribution in [0.1, 0.15) is 77.8 Å². The largest absolute Gasteiger partial charge is 0.492 e. The maximum absolute atomic E-state index is 13.3. The van der Waals surface area contributed by atoms with Gasteiger partial charge >= 0.3 is 0 Å². The summed E-state index contributed by atoms with van der Waals surface area (Å²) in [5.74, 6) is 1.64. The van der Waals surface area contributed by atoms with E-state index in [1.54, 1.807) is 24.3 Å². The molecule has 1 aromatic heterocycles. The van der Waals surface area contributed by atoms with Crippen molar-refractivity contribution < 1.29 is 18.7 Å². The Morgan fingerprint density at radius 1 is 1.13 bits per heavy atom. The first-order valence-electron chi connectivity index (χ1n) is 10.9. The Bertz CT molecular complexity index is 904. The summed E-state index contributed by atoms with van der Waals surface area (Å²) >= 11 is 0. The number of nitrogens with zero attached hydrogens (tertiary/aromatic N) is 1. The Hall–Kier alpha value is -2.66. The van der Waals surface area contributed by atoms with Crippen LogP contribution in [0.3, 0.4) is 0 Å². The summed E-state index contributed by atoms with van der Waals surface area (Å²) in [6, 6.07) is 7.16. The molecule has 160 valence electrons. The molecule has 0 radical (unpaired) electrons. The standard InChI is InChI=1S/C25H31NO4/c1-4-7-10-22-24(23-20(27)9-8-11-21(23)30-22)25(28)18-12-14-19(15-13-18)29-17-16-26(5-2)6-3/h8,11-15H,4-7,9-10,16-17H2,1-3H3. The number of hydrogen-bond donors (Lipinski definition) is 0. The molecule has 30 heavy (non-hydrogen) atoms. The van der Waals surface area contributed by atoms with E-state index in [2.05, 4.69) is 25.7 Å². The Balaban J connectivity index is 1.78. The summed E-state index contributed by atoms with van der Waals surface area (Å²) in [4.78, 5) is 28.1. The molecule has 1 heterocycles. The first kappa shape index (κ1) is 22.0. The zero-order valence-corrected chi connectivity index (χ0v) is 18.2. The molecule has 0 amide bonds. The summed E-state index contributed by atoms with van der Waals surface area (Å²) in [6.07, 6.45) is 6.44. The minimum atomic E-state index is -0.163. The molecule has 5 heteroatoms. The van der Waals surface area contributed by atoms with Gasteiger partial charge in [0.15, 0.2) is 11.6 Å². The molecule has 5 nitrogen and oxygen atoms in total. The zero-order valence-electron chi connectivity index (χ0n) is 18.2. The molecule has 0 fully saturated rings. The minimum Gasteiger partial charge on any atom is -0.492 e. The van der Waals surface area contributed by atoms with Gasteiger partial charge in [0.1, 0.15) is 23.9 Å². The van der Waals surface area contributed by atoms with E-state index < -0.39 is 0 Å². The Kier molecular flexibility index (Phi) is 7.63. The van der Waals surface area contributed by atoms with Crippen LogP contribution in [0.2, 0.25) is 0 Å². The average Bonchev–Trinajstić information content (AvgIpc) is 3.15. The molecule has 1 aromatic carbocycles. The summed E-state index contributed by atoms with van der Waals surface area (Å²) in [7, 11) is 0. The van der Waals surface area contributed by atoms with E-state index in [1.165, 1.54) is 0 Å². The smallest absolute Gasteiger partial charge is 0.197 e. The average molecular weight is 410 g/mol. The molecular weight excluding hydrogens is 378 g/mol. The van der Waals surface area contributed by atoms with Gasteiger partial charge in [-0.05, 0) is 49.9 Å². The van der Waals surface area contributed by atoms with Crippen molar-refractivity contribution in [1.29, 1.82) is 0 Å². The monoisotopic (exact) mass is 409 g/mol. The van der Waals surface area contributed by atoms with Gasteiger partial charge in [0, 0.05) is 24.9 Å².